The first kappa shape index (κ1) is 11.8. The van der Waals surface area contributed by atoms with Crippen molar-refractivity contribution in [2.24, 2.45) is 15.8 Å². The van der Waals surface area contributed by atoms with Crippen LogP contribution in [-0.2, 0) is 4.74 Å². The summed E-state index contributed by atoms with van der Waals surface area (Å²) in [5.74, 6) is 0. The second-order valence-electron chi connectivity index (χ2n) is 6.23. The molecule has 0 aromatic carbocycles. The molecule has 1 amide bonds. The Hall–Kier alpha value is -1.32. The molecule has 4 atom stereocenters. The van der Waals surface area contributed by atoms with Crippen LogP contribution in [0.1, 0.15) is 34.6 Å². The van der Waals surface area contributed by atoms with Crippen molar-refractivity contribution in [1.29, 1.82) is 0 Å². The van der Waals surface area contributed by atoms with E-state index in [4.69, 9.17) is 4.74 Å². The van der Waals surface area contributed by atoms with Crippen molar-refractivity contribution in [2.75, 3.05) is 7.11 Å². The van der Waals surface area contributed by atoms with Crippen LogP contribution in [0.3, 0.4) is 0 Å². The maximum absolute atomic E-state index is 11.9. The molecule has 0 N–H and O–H groups in total. The number of amides is 1. The average molecular weight is 248 g/mol. The lowest BCUT2D eigenvalue weighted by Gasteiger charge is -2.78. The molecule has 0 unspecified atom stereocenters. The maximum Gasteiger partial charge on any atom is 0.415 e. The predicted octanol–water partition coefficient (Wildman–Crippen LogP) is 2.60. The molecule has 2 aliphatic carbocycles. The number of aliphatic imine (C=N–C) groups is 1. The zero-order valence-corrected chi connectivity index (χ0v) is 11.9. The van der Waals surface area contributed by atoms with Gasteiger partial charge in [-0.2, -0.15) is 0 Å². The van der Waals surface area contributed by atoms with Crippen molar-refractivity contribution in [2.45, 2.75) is 46.2 Å². The van der Waals surface area contributed by atoms with Gasteiger partial charge in [0.05, 0.1) is 25.0 Å². The quantitative estimate of drug-likeness (QED) is 0.618. The van der Waals surface area contributed by atoms with E-state index in [0.717, 1.165) is 0 Å². The number of nitrogens with zero attached hydrogens (tertiary/aromatic N) is 2. The molecule has 1 fully saturated rings. The Morgan fingerprint density at radius 1 is 1.33 bits per heavy atom. The number of hydrogen-bond acceptors (Lipinski definition) is 3. The van der Waals surface area contributed by atoms with Crippen LogP contribution < -0.4 is 0 Å². The van der Waals surface area contributed by atoms with Crippen LogP contribution in [0.4, 0.5) is 4.79 Å². The summed E-state index contributed by atoms with van der Waals surface area (Å²) in [4.78, 5) is 18.2. The smallest absolute Gasteiger partial charge is 0.415 e. The minimum absolute atomic E-state index is 0.000556. The van der Waals surface area contributed by atoms with Crippen LogP contribution in [0.2, 0.25) is 0 Å². The van der Waals surface area contributed by atoms with E-state index in [1.165, 1.54) is 18.3 Å². The molecule has 1 aliphatic heterocycles. The van der Waals surface area contributed by atoms with Crippen LogP contribution in [0.25, 0.3) is 0 Å². The van der Waals surface area contributed by atoms with Crippen molar-refractivity contribution >= 4 is 12.4 Å². The first-order valence-corrected chi connectivity index (χ1v) is 6.37. The Bertz CT molecular complexity index is 524. The third-order valence-electron chi connectivity index (χ3n) is 6.42. The summed E-state index contributed by atoms with van der Waals surface area (Å²) >= 11 is 0. The molecule has 1 saturated carbocycles. The molecule has 0 bridgehead atoms. The molecule has 4 heteroatoms. The van der Waals surface area contributed by atoms with E-state index in [1.54, 1.807) is 11.2 Å². The molecule has 0 aromatic heterocycles. The van der Waals surface area contributed by atoms with Crippen LogP contribution in [-0.4, -0.2) is 36.0 Å². The van der Waals surface area contributed by atoms with Gasteiger partial charge in [-0.1, -0.05) is 25.0 Å². The van der Waals surface area contributed by atoms with Crippen molar-refractivity contribution in [3.05, 3.63) is 11.1 Å². The van der Waals surface area contributed by atoms with E-state index in [-0.39, 0.29) is 28.5 Å². The average Bonchev–Trinajstić information content (AvgIpc) is 2.71. The van der Waals surface area contributed by atoms with Crippen molar-refractivity contribution in [3.8, 4) is 0 Å². The van der Waals surface area contributed by atoms with Gasteiger partial charge in [0, 0.05) is 10.8 Å². The summed E-state index contributed by atoms with van der Waals surface area (Å²) in [6, 6.07) is 0.151. The van der Waals surface area contributed by atoms with Gasteiger partial charge in [-0.25, -0.2) is 4.79 Å². The van der Waals surface area contributed by atoms with E-state index in [1.807, 2.05) is 0 Å². The third kappa shape index (κ3) is 0.722. The summed E-state index contributed by atoms with van der Waals surface area (Å²) < 4.78 is 4.88. The minimum atomic E-state index is -0.315. The zero-order chi connectivity index (χ0) is 13.5. The fraction of sp³-hybridized carbons (Fsp3) is 0.714. The number of carbonyl (C=O) groups excluding carboxylic acids is 1. The molecule has 98 valence electrons. The summed E-state index contributed by atoms with van der Waals surface area (Å²) in [6.45, 7) is 11.0. The molecule has 0 saturated heterocycles. The summed E-state index contributed by atoms with van der Waals surface area (Å²) in [7, 11) is 1.42. The molecule has 3 aliphatic rings. The van der Waals surface area contributed by atoms with Crippen LogP contribution in [0.15, 0.2) is 16.1 Å². The maximum atomic E-state index is 11.9. The Labute approximate surface area is 108 Å². The lowest BCUT2D eigenvalue weighted by Crippen LogP contribution is -2.84. The topological polar surface area (TPSA) is 41.9 Å². The lowest BCUT2D eigenvalue weighted by molar-refractivity contribution is -0.170. The molecule has 18 heavy (non-hydrogen) atoms. The van der Waals surface area contributed by atoms with E-state index in [9.17, 15) is 4.79 Å². The highest BCUT2D eigenvalue weighted by Gasteiger charge is 2.83. The van der Waals surface area contributed by atoms with Gasteiger partial charge in [-0.15, -0.1) is 0 Å². The highest BCUT2D eigenvalue weighted by atomic mass is 16.5. The highest BCUT2D eigenvalue weighted by Crippen LogP contribution is 2.79. The predicted molar refractivity (Wildman–Crippen MR) is 69.5 cm³/mol. The van der Waals surface area contributed by atoms with Crippen LogP contribution >= 0.6 is 0 Å². The fourth-order valence-corrected chi connectivity index (χ4v) is 4.86. The largest absolute Gasteiger partial charge is 0.452 e. The van der Waals surface area contributed by atoms with Crippen LogP contribution in [0.5, 0.6) is 0 Å². The lowest BCUT2D eigenvalue weighted by atomic mass is 9.28. The molecular formula is C14H20N2O2. The molecular weight excluding hydrogens is 228 g/mol. The molecule has 1 heterocycles. The molecule has 3 rings (SSSR count). The van der Waals surface area contributed by atoms with Gasteiger partial charge in [0.25, 0.3) is 0 Å². The number of carbonyl (C=O) groups is 1. The Morgan fingerprint density at radius 3 is 2.50 bits per heavy atom. The van der Waals surface area contributed by atoms with Gasteiger partial charge in [0.2, 0.25) is 0 Å². The monoisotopic (exact) mass is 248 g/mol. The second kappa shape index (κ2) is 2.81. The first-order valence-electron chi connectivity index (χ1n) is 6.37. The molecule has 4 nitrogen and oxygen atoms in total. The second-order valence-corrected chi connectivity index (χ2v) is 6.23. The van der Waals surface area contributed by atoms with Crippen molar-refractivity contribution in [3.63, 3.8) is 0 Å². The Kier molecular flexibility index (Phi) is 1.83. The SMILES string of the molecule is COC(=O)N1C=N[C@@H]2[C@@]3(C)C(C)=C(C)[C@@]3(C)[C@]21C. The minimum Gasteiger partial charge on any atom is -0.452 e. The van der Waals surface area contributed by atoms with Gasteiger partial charge in [0.1, 0.15) is 0 Å². The normalized spacial score (nSPS) is 48.3. The van der Waals surface area contributed by atoms with E-state index >= 15 is 0 Å². The van der Waals surface area contributed by atoms with Crippen LogP contribution in [0, 0.1) is 10.8 Å². The first-order chi connectivity index (χ1) is 8.27. The summed E-state index contributed by atoms with van der Waals surface area (Å²) in [6.07, 6.45) is 1.34. The number of rotatable bonds is 0. The standard InChI is InChI=1S/C14H20N2O2/c1-8-9(2)13(4)12(8,3)10-14(13,5)16(7-15-10)11(17)18-6/h7,10H,1-6H3/t10-,12-,13-,14+/m1/s1. The zero-order valence-electron chi connectivity index (χ0n) is 11.9. The van der Waals surface area contributed by atoms with Gasteiger partial charge in [-0.3, -0.25) is 9.89 Å². The molecule has 0 radical (unpaired) electrons. The molecule has 0 aromatic rings. The summed E-state index contributed by atoms with van der Waals surface area (Å²) in [5, 5.41) is 0. The number of methoxy groups -OCH3 is 1. The Balaban J connectivity index is 2.11. The molecule has 0 spiro atoms. The van der Waals surface area contributed by atoms with Gasteiger partial charge < -0.3 is 4.74 Å². The van der Waals surface area contributed by atoms with Gasteiger partial charge in [0.15, 0.2) is 0 Å². The van der Waals surface area contributed by atoms with E-state index < -0.39 is 0 Å². The fourth-order valence-electron chi connectivity index (χ4n) is 4.86. The number of fused-ring (bicyclic) bond motifs is 4. The number of hydrogen-bond donors (Lipinski definition) is 0. The Morgan fingerprint density at radius 2 is 1.94 bits per heavy atom. The summed E-state index contributed by atoms with van der Waals surface area (Å²) in [5.41, 5.74) is 2.63. The van der Waals surface area contributed by atoms with Crippen molar-refractivity contribution < 1.29 is 9.53 Å². The van der Waals surface area contributed by atoms with Crippen molar-refractivity contribution in [1.82, 2.24) is 4.90 Å². The van der Waals surface area contributed by atoms with Gasteiger partial charge in [-0.05, 0) is 20.8 Å². The van der Waals surface area contributed by atoms with E-state index in [2.05, 4.69) is 39.6 Å². The third-order valence-corrected chi connectivity index (χ3v) is 6.42. The van der Waals surface area contributed by atoms with E-state index in [0.29, 0.717) is 0 Å². The number of ether oxygens (including phenoxy) is 1. The van der Waals surface area contributed by atoms with Gasteiger partial charge >= 0.3 is 6.09 Å². The highest BCUT2D eigenvalue weighted by molar-refractivity contribution is 5.88.